The Morgan fingerprint density at radius 3 is 2.48 bits per heavy atom. The Labute approximate surface area is 122 Å². The van der Waals surface area contributed by atoms with Crippen LogP contribution in [0.1, 0.15) is 18.5 Å². The molecule has 2 aromatic rings. The number of nitrogens with two attached hydrogens (primary N) is 1. The zero-order chi connectivity index (χ0) is 15.4. The second-order valence-electron chi connectivity index (χ2n) is 4.52. The number of nitro benzene ring substituents is 1. The molecule has 0 aromatic heterocycles. The Kier molecular flexibility index (Phi) is 4.39. The average Bonchev–Trinajstić information content (AvgIpc) is 2.46. The summed E-state index contributed by atoms with van der Waals surface area (Å²) in [4.78, 5) is 10.3. The molecule has 1 atom stereocenters. The van der Waals surface area contributed by atoms with Crippen molar-refractivity contribution in [3.8, 4) is 17.2 Å². The number of hydrogen-bond donors (Lipinski definition) is 1. The SMILES string of the molecule is COc1cccc(Oc2cccc([N+](=O)[O-])c2)c1C(C)N. The van der Waals surface area contributed by atoms with Crippen LogP contribution in [0.2, 0.25) is 0 Å². The lowest BCUT2D eigenvalue weighted by Gasteiger charge is -2.17. The first-order chi connectivity index (χ1) is 10.0. The molecule has 2 rings (SSSR count). The highest BCUT2D eigenvalue weighted by molar-refractivity contribution is 5.49. The summed E-state index contributed by atoms with van der Waals surface area (Å²) >= 11 is 0. The molecule has 6 heteroatoms. The third-order valence-electron chi connectivity index (χ3n) is 2.96. The van der Waals surface area contributed by atoms with Crippen molar-refractivity contribution in [1.29, 1.82) is 0 Å². The zero-order valence-electron chi connectivity index (χ0n) is 11.8. The average molecular weight is 288 g/mol. The van der Waals surface area contributed by atoms with Crippen LogP contribution in [-0.2, 0) is 0 Å². The van der Waals surface area contributed by atoms with Crippen LogP contribution >= 0.6 is 0 Å². The topological polar surface area (TPSA) is 87.6 Å². The summed E-state index contributed by atoms with van der Waals surface area (Å²) in [7, 11) is 1.55. The lowest BCUT2D eigenvalue weighted by atomic mass is 10.1. The van der Waals surface area contributed by atoms with Gasteiger partial charge in [0.25, 0.3) is 5.69 Å². The van der Waals surface area contributed by atoms with Gasteiger partial charge >= 0.3 is 0 Å². The maximum atomic E-state index is 10.8. The Morgan fingerprint density at radius 2 is 1.86 bits per heavy atom. The van der Waals surface area contributed by atoms with Gasteiger partial charge in [0.2, 0.25) is 0 Å². The molecular formula is C15H16N2O4. The van der Waals surface area contributed by atoms with Gasteiger partial charge in [-0.2, -0.15) is 0 Å². The van der Waals surface area contributed by atoms with Crippen molar-refractivity contribution >= 4 is 5.69 Å². The van der Waals surface area contributed by atoms with E-state index in [1.807, 2.05) is 6.92 Å². The predicted molar refractivity (Wildman–Crippen MR) is 78.8 cm³/mol. The van der Waals surface area contributed by atoms with Crippen molar-refractivity contribution in [2.45, 2.75) is 13.0 Å². The molecule has 0 amide bonds. The normalized spacial score (nSPS) is 11.8. The van der Waals surface area contributed by atoms with Crippen LogP contribution in [0.25, 0.3) is 0 Å². The predicted octanol–water partition coefficient (Wildman–Crippen LogP) is 3.42. The molecule has 0 saturated heterocycles. The van der Waals surface area contributed by atoms with Crippen LogP contribution in [0, 0.1) is 10.1 Å². The van der Waals surface area contributed by atoms with Gasteiger partial charge in [0.05, 0.1) is 23.7 Å². The first kappa shape index (κ1) is 14.8. The van der Waals surface area contributed by atoms with E-state index in [0.717, 1.165) is 0 Å². The Balaban J connectivity index is 2.40. The highest BCUT2D eigenvalue weighted by atomic mass is 16.6. The standard InChI is InChI=1S/C15H16N2O4/c1-10(16)15-13(20-2)7-4-8-14(15)21-12-6-3-5-11(9-12)17(18)19/h3-10H,16H2,1-2H3. The molecule has 0 aliphatic heterocycles. The molecule has 2 N–H and O–H groups in total. The summed E-state index contributed by atoms with van der Waals surface area (Å²) in [5, 5.41) is 10.8. The van der Waals surface area contributed by atoms with Crippen molar-refractivity contribution in [1.82, 2.24) is 0 Å². The van der Waals surface area contributed by atoms with Crippen LogP contribution < -0.4 is 15.2 Å². The van der Waals surface area contributed by atoms with Crippen molar-refractivity contribution in [3.05, 3.63) is 58.1 Å². The molecule has 0 bridgehead atoms. The highest BCUT2D eigenvalue weighted by Gasteiger charge is 2.15. The fourth-order valence-electron chi connectivity index (χ4n) is 2.03. The molecule has 6 nitrogen and oxygen atoms in total. The largest absolute Gasteiger partial charge is 0.496 e. The fraction of sp³-hybridized carbons (Fsp3) is 0.200. The van der Waals surface area contributed by atoms with Gasteiger partial charge in [-0.15, -0.1) is 0 Å². The van der Waals surface area contributed by atoms with E-state index >= 15 is 0 Å². The molecule has 110 valence electrons. The summed E-state index contributed by atoms with van der Waals surface area (Å²) in [5.41, 5.74) is 6.64. The van der Waals surface area contributed by atoms with E-state index in [1.165, 1.54) is 12.1 Å². The van der Waals surface area contributed by atoms with Gasteiger partial charge in [0.1, 0.15) is 17.2 Å². The first-order valence-electron chi connectivity index (χ1n) is 6.37. The van der Waals surface area contributed by atoms with Crippen LogP contribution in [0.4, 0.5) is 5.69 Å². The van der Waals surface area contributed by atoms with Crippen molar-refractivity contribution in [2.24, 2.45) is 5.73 Å². The second kappa shape index (κ2) is 6.23. The van der Waals surface area contributed by atoms with E-state index in [0.29, 0.717) is 22.8 Å². The molecule has 1 unspecified atom stereocenters. The zero-order valence-corrected chi connectivity index (χ0v) is 11.8. The smallest absolute Gasteiger partial charge is 0.273 e. The number of nitrogens with zero attached hydrogens (tertiary/aromatic N) is 1. The number of ether oxygens (including phenoxy) is 2. The molecule has 0 fully saturated rings. The quantitative estimate of drug-likeness (QED) is 0.672. The first-order valence-corrected chi connectivity index (χ1v) is 6.37. The monoisotopic (exact) mass is 288 g/mol. The number of rotatable bonds is 5. The van der Waals surface area contributed by atoms with Gasteiger partial charge in [-0.05, 0) is 25.1 Å². The molecule has 0 heterocycles. The van der Waals surface area contributed by atoms with Crippen LogP contribution in [0.15, 0.2) is 42.5 Å². The number of non-ortho nitro benzene ring substituents is 1. The highest BCUT2D eigenvalue weighted by Crippen LogP contribution is 2.36. The molecule has 21 heavy (non-hydrogen) atoms. The molecule has 0 spiro atoms. The van der Waals surface area contributed by atoms with E-state index in [9.17, 15) is 10.1 Å². The van der Waals surface area contributed by atoms with E-state index in [4.69, 9.17) is 15.2 Å². The van der Waals surface area contributed by atoms with Crippen molar-refractivity contribution < 1.29 is 14.4 Å². The van der Waals surface area contributed by atoms with E-state index in [1.54, 1.807) is 37.4 Å². The Morgan fingerprint density at radius 1 is 1.19 bits per heavy atom. The van der Waals surface area contributed by atoms with Crippen molar-refractivity contribution in [3.63, 3.8) is 0 Å². The number of benzene rings is 2. The Hall–Kier alpha value is -2.60. The summed E-state index contributed by atoms with van der Waals surface area (Å²) in [6.45, 7) is 1.82. The minimum atomic E-state index is -0.467. The summed E-state index contributed by atoms with van der Waals surface area (Å²) in [6.07, 6.45) is 0. The van der Waals surface area contributed by atoms with E-state index in [-0.39, 0.29) is 11.7 Å². The second-order valence-corrected chi connectivity index (χ2v) is 4.52. The lowest BCUT2D eigenvalue weighted by molar-refractivity contribution is -0.384. The van der Waals surface area contributed by atoms with Gasteiger partial charge in [0, 0.05) is 12.1 Å². The van der Waals surface area contributed by atoms with Crippen molar-refractivity contribution in [2.75, 3.05) is 7.11 Å². The van der Waals surface area contributed by atoms with Gasteiger partial charge in [0.15, 0.2) is 0 Å². The molecule has 0 saturated carbocycles. The minimum absolute atomic E-state index is 0.0299. The van der Waals surface area contributed by atoms with Gasteiger partial charge in [-0.1, -0.05) is 12.1 Å². The van der Waals surface area contributed by atoms with Gasteiger partial charge in [-0.3, -0.25) is 10.1 Å². The summed E-state index contributed by atoms with van der Waals surface area (Å²) in [6, 6.07) is 11.0. The van der Waals surface area contributed by atoms with Gasteiger partial charge < -0.3 is 15.2 Å². The lowest BCUT2D eigenvalue weighted by Crippen LogP contribution is -2.08. The number of hydrogen-bond acceptors (Lipinski definition) is 5. The number of methoxy groups -OCH3 is 1. The molecule has 0 radical (unpaired) electrons. The molecule has 0 aliphatic rings. The van der Waals surface area contributed by atoms with Crippen LogP contribution in [0.3, 0.4) is 0 Å². The maximum absolute atomic E-state index is 10.8. The summed E-state index contributed by atoms with van der Waals surface area (Å²) in [5.74, 6) is 1.51. The maximum Gasteiger partial charge on any atom is 0.273 e. The third kappa shape index (κ3) is 3.29. The number of nitro groups is 1. The Bertz CT molecular complexity index is 656. The van der Waals surface area contributed by atoms with Crippen LogP contribution in [-0.4, -0.2) is 12.0 Å². The fourth-order valence-corrected chi connectivity index (χ4v) is 2.03. The van der Waals surface area contributed by atoms with E-state index in [2.05, 4.69) is 0 Å². The van der Waals surface area contributed by atoms with E-state index < -0.39 is 4.92 Å². The molecular weight excluding hydrogens is 272 g/mol. The minimum Gasteiger partial charge on any atom is -0.496 e. The molecule has 2 aromatic carbocycles. The third-order valence-corrected chi connectivity index (χ3v) is 2.96. The molecule has 0 aliphatic carbocycles. The van der Waals surface area contributed by atoms with Gasteiger partial charge in [-0.25, -0.2) is 0 Å². The summed E-state index contributed by atoms with van der Waals surface area (Å²) < 4.78 is 11.0. The van der Waals surface area contributed by atoms with Crippen LogP contribution in [0.5, 0.6) is 17.2 Å².